The molecule has 2 heterocycles. The number of carbonyl (C=O) groups is 1. The van der Waals surface area contributed by atoms with Crippen LogP contribution in [-0.4, -0.2) is 40.6 Å². The maximum absolute atomic E-state index is 14.4. The van der Waals surface area contributed by atoms with Crippen LogP contribution in [0.15, 0.2) is 36.7 Å². The average Bonchev–Trinajstić information content (AvgIpc) is 3.20. The van der Waals surface area contributed by atoms with Gasteiger partial charge < -0.3 is 10.6 Å². The van der Waals surface area contributed by atoms with E-state index < -0.39 is 5.82 Å². The second kappa shape index (κ2) is 9.73. The monoisotopic (exact) mass is 441 g/mol. The van der Waals surface area contributed by atoms with Crippen molar-refractivity contribution in [2.45, 2.75) is 38.5 Å². The van der Waals surface area contributed by atoms with Crippen LogP contribution in [0, 0.1) is 23.5 Å². The van der Waals surface area contributed by atoms with E-state index in [1.165, 1.54) is 24.4 Å². The van der Waals surface area contributed by atoms with Gasteiger partial charge in [0.1, 0.15) is 17.2 Å². The molecule has 1 fully saturated rings. The Morgan fingerprint density at radius 2 is 2.06 bits per heavy atom. The summed E-state index contributed by atoms with van der Waals surface area (Å²) in [4.78, 5) is 17.2. The number of halogens is 2. The minimum atomic E-state index is -0.399. The topological polar surface area (TPSA) is 71.3 Å². The fourth-order valence-corrected chi connectivity index (χ4v) is 4.82. The van der Waals surface area contributed by atoms with Gasteiger partial charge in [0.25, 0.3) is 5.91 Å². The van der Waals surface area contributed by atoms with E-state index in [2.05, 4.69) is 22.7 Å². The number of benzene rings is 1. The van der Waals surface area contributed by atoms with Crippen molar-refractivity contribution in [1.82, 2.24) is 25.2 Å². The maximum Gasteiger partial charge on any atom is 0.256 e. The Morgan fingerprint density at radius 3 is 2.88 bits per heavy atom. The predicted octanol–water partition coefficient (Wildman–Crippen LogP) is 3.72. The van der Waals surface area contributed by atoms with Crippen LogP contribution >= 0.6 is 0 Å². The quantitative estimate of drug-likeness (QED) is 0.549. The van der Waals surface area contributed by atoms with Gasteiger partial charge in [0.15, 0.2) is 5.65 Å². The number of nitrogens with one attached hydrogen (secondary N) is 2. The first-order chi connectivity index (χ1) is 15.5. The molecule has 0 aliphatic heterocycles. The molecule has 1 aliphatic rings. The molecule has 170 valence electrons. The Morgan fingerprint density at radius 1 is 1.22 bits per heavy atom. The molecule has 0 saturated heterocycles. The first-order valence-corrected chi connectivity index (χ1v) is 11.2. The van der Waals surface area contributed by atoms with Crippen molar-refractivity contribution >= 4 is 11.6 Å². The third kappa shape index (κ3) is 4.65. The van der Waals surface area contributed by atoms with Gasteiger partial charge in [-0.1, -0.05) is 13.3 Å². The zero-order valence-electron chi connectivity index (χ0n) is 18.4. The minimum absolute atomic E-state index is 0.0170. The molecule has 1 aromatic carbocycles. The number of likely N-dealkylation sites (N-methyl/N-ethyl adjacent to an activating group) is 1. The summed E-state index contributed by atoms with van der Waals surface area (Å²) in [6.45, 7) is 3.32. The fourth-order valence-electron chi connectivity index (χ4n) is 4.82. The predicted molar refractivity (Wildman–Crippen MR) is 119 cm³/mol. The number of nitrogens with zero attached hydrogens (tertiary/aromatic N) is 3. The van der Waals surface area contributed by atoms with Crippen LogP contribution in [0.5, 0.6) is 0 Å². The average molecular weight is 442 g/mol. The van der Waals surface area contributed by atoms with Crippen molar-refractivity contribution < 1.29 is 13.6 Å². The summed E-state index contributed by atoms with van der Waals surface area (Å²) in [5.41, 5.74) is 2.32. The third-order valence-electron chi connectivity index (χ3n) is 6.63. The number of rotatable bonds is 7. The van der Waals surface area contributed by atoms with E-state index in [-0.39, 0.29) is 23.6 Å². The molecule has 4 rings (SSSR count). The Bertz CT molecular complexity index is 1100. The molecule has 8 heteroatoms. The summed E-state index contributed by atoms with van der Waals surface area (Å²) < 4.78 is 29.8. The molecule has 3 aromatic rings. The molecule has 2 unspecified atom stereocenters. The second-order valence-corrected chi connectivity index (χ2v) is 8.63. The summed E-state index contributed by atoms with van der Waals surface area (Å²) >= 11 is 0. The molecule has 3 atom stereocenters. The van der Waals surface area contributed by atoms with E-state index in [9.17, 15) is 13.6 Å². The van der Waals surface area contributed by atoms with Gasteiger partial charge in [-0.15, -0.1) is 0 Å². The molecule has 1 aliphatic carbocycles. The Hall–Kier alpha value is -2.87. The van der Waals surface area contributed by atoms with E-state index in [1.54, 1.807) is 4.52 Å². The number of aromatic nitrogens is 3. The van der Waals surface area contributed by atoms with Crippen LogP contribution in [-0.2, 0) is 6.42 Å². The van der Waals surface area contributed by atoms with E-state index in [4.69, 9.17) is 4.98 Å². The number of amides is 1. The lowest BCUT2D eigenvalue weighted by Gasteiger charge is -2.36. The number of fused-ring (bicyclic) bond motifs is 1. The molecule has 2 N–H and O–H groups in total. The summed E-state index contributed by atoms with van der Waals surface area (Å²) in [5.74, 6) is -0.473. The van der Waals surface area contributed by atoms with Gasteiger partial charge in [-0.3, -0.25) is 4.79 Å². The van der Waals surface area contributed by atoms with Crippen LogP contribution in [0.25, 0.3) is 5.65 Å². The van der Waals surface area contributed by atoms with Gasteiger partial charge in [0.2, 0.25) is 0 Å². The largest absolute Gasteiger partial charge is 0.351 e. The molecule has 1 amide bonds. The van der Waals surface area contributed by atoms with E-state index in [0.717, 1.165) is 31.4 Å². The number of carbonyl (C=O) groups excluding carboxylic acids is 1. The normalized spacial score (nSPS) is 21.1. The van der Waals surface area contributed by atoms with Crippen LogP contribution in [0.3, 0.4) is 0 Å². The summed E-state index contributed by atoms with van der Waals surface area (Å²) in [7, 11) is 1.83. The molecule has 1 saturated carbocycles. The van der Waals surface area contributed by atoms with Crippen molar-refractivity contribution in [3.63, 3.8) is 0 Å². The lowest BCUT2D eigenvalue weighted by Crippen LogP contribution is -2.30. The van der Waals surface area contributed by atoms with Crippen molar-refractivity contribution in [3.05, 3.63) is 65.1 Å². The number of hydrogen-bond donors (Lipinski definition) is 2. The maximum atomic E-state index is 14.4. The van der Waals surface area contributed by atoms with Crippen LogP contribution in [0.1, 0.15) is 53.7 Å². The third-order valence-corrected chi connectivity index (χ3v) is 6.63. The van der Waals surface area contributed by atoms with Crippen molar-refractivity contribution in [2.75, 3.05) is 20.1 Å². The highest BCUT2D eigenvalue weighted by atomic mass is 19.1. The molecule has 0 spiro atoms. The lowest BCUT2D eigenvalue weighted by atomic mass is 9.69. The Kier molecular flexibility index (Phi) is 6.79. The Labute approximate surface area is 186 Å². The van der Waals surface area contributed by atoms with Crippen LogP contribution < -0.4 is 10.6 Å². The van der Waals surface area contributed by atoms with Gasteiger partial charge in [-0.2, -0.15) is 5.10 Å². The lowest BCUT2D eigenvalue weighted by molar-refractivity contribution is 0.0955. The summed E-state index contributed by atoms with van der Waals surface area (Å²) in [6.07, 6.45) is 6.90. The highest BCUT2D eigenvalue weighted by molar-refractivity contribution is 5.99. The molecule has 32 heavy (non-hydrogen) atoms. The van der Waals surface area contributed by atoms with Gasteiger partial charge in [-0.05, 0) is 73.9 Å². The molecule has 0 bridgehead atoms. The molecule has 6 nitrogen and oxygen atoms in total. The van der Waals surface area contributed by atoms with Gasteiger partial charge in [-0.25, -0.2) is 18.3 Å². The molecule has 0 radical (unpaired) electrons. The highest BCUT2D eigenvalue weighted by Crippen LogP contribution is 2.43. The van der Waals surface area contributed by atoms with E-state index in [1.807, 2.05) is 19.3 Å². The van der Waals surface area contributed by atoms with Crippen molar-refractivity contribution in [1.29, 1.82) is 0 Å². The van der Waals surface area contributed by atoms with Crippen LogP contribution in [0.4, 0.5) is 8.78 Å². The van der Waals surface area contributed by atoms with Gasteiger partial charge in [0.05, 0.1) is 6.20 Å². The number of hydrogen-bond acceptors (Lipinski definition) is 4. The zero-order valence-corrected chi connectivity index (χ0v) is 18.4. The van der Waals surface area contributed by atoms with Crippen molar-refractivity contribution in [3.8, 4) is 0 Å². The smallest absolute Gasteiger partial charge is 0.256 e. The first-order valence-electron chi connectivity index (χ1n) is 11.2. The fraction of sp³-hybridized carbons (Fsp3) is 0.458. The SMILES string of the molecule is CNCCNC(=O)c1cnn2ccc(CC3CCCC(c4cc(F)ccc4F)[C@@H]3C)nc12. The second-order valence-electron chi connectivity index (χ2n) is 8.63. The van der Waals surface area contributed by atoms with Crippen LogP contribution in [0.2, 0.25) is 0 Å². The molecular weight excluding hydrogens is 412 g/mol. The zero-order chi connectivity index (χ0) is 22.7. The van der Waals surface area contributed by atoms with Gasteiger partial charge >= 0.3 is 0 Å². The first kappa shape index (κ1) is 22.3. The van der Waals surface area contributed by atoms with E-state index >= 15 is 0 Å². The highest BCUT2D eigenvalue weighted by Gasteiger charge is 2.33. The van der Waals surface area contributed by atoms with E-state index in [0.29, 0.717) is 35.8 Å². The molecule has 2 aromatic heterocycles. The molecular formula is C24H29F2N5O. The van der Waals surface area contributed by atoms with Gasteiger partial charge in [0, 0.05) is 25.0 Å². The standard InChI is InChI=1S/C24H29F2N5O/c1-15-16(4-3-5-19(15)20-13-17(25)6-7-22(20)26)12-18-8-11-31-23(30-18)21(14-29-31)24(32)28-10-9-27-2/h6-8,11,13-16,19,27H,3-5,9-10,12H2,1-2H3,(H,28,32)/t15-,16?,19?/m1/s1. The minimum Gasteiger partial charge on any atom is -0.351 e. The summed E-state index contributed by atoms with van der Waals surface area (Å²) in [5, 5.41) is 10.1. The summed E-state index contributed by atoms with van der Waals surface area (Å²) in [6, 6.07) is 5.65. The Balaban J connectivity index is 1.53. The van der Waals surface area contributed by atoms with Crippen molar-refractivity contribution in [2.24, 2.45) is 11.8 Å².